The van der Waals surface area contributed by atoms with E-state index in [1.807, 2.05) is 18.5 Å². The van der Waals surface area contributed by atoms with Gasteiger partial charge in [0, 0.05) is 18.8 Å². The third-order valence-electron chi connectivity index (χ3n) is 4.01. The van der Waals surface area contributed by atoms with Crippen LogP contribution < -0.4 is 10.1 Å². The van der Waals surface area contributed by atoms with E-state index in [1.54, 1.807) is 31.2 Å². The molecule has 0 aliphatic carbocycles. The maximum atomic E-state index is 11.6. The highest BCUT2D eigenvalue weighted by molar-refractivity contribution is 5.89. The van der Waals surface area contributed by atoms with Crippen molar-refractivity contribution in [2.24, 2.45) is 0 Å². The normalized spacial score (nSPS) is 12.0. The number of nitrogens with zero attached hydrogens (tertiary/aromatic N) is 2. The van der Waals surface area contributed by atoms with E-state index in [1.165, 1.54) is 0 Å². The number of nitrogens with one attached hydrogen (secondary N) is 1. The molecule has 0 aliphatic rings. The Labute approximate surface area is 160 Å². The summed E-state index contributed by atoms with van der Waals surface area (Å²) in [5.41, 5.74) is 2.67. The Bertz CT molecular complexity index is 713. The largest absolute Gasteiger partial charge is 0.491 e. The Morgan fingerprint density at radius 3 is 2.67 bits per heavy atom. The van der Waals surface area contributed by atoms with Gasteiger partial charge in [-0.25, -0.2) is 4.79 Å². The minimum atomic E-state index is -0.608. The van der Waals surface area contributed by atoms with Crippen LogP contribution in [0.2, 0.25) is 0 Å². The zero-order valence-corrected chi connectivity index (χ0v) is 16.3. The Hall–Kier alpha value is -2.38. The van der Waals surface area contributed by atoms with Gasteiger partial charge in [0.1, 0.15) is 18.5 Å². The van der Waals surface area contributed by atoms with Gasteiger partial charge < -0.3 is 19.9 Å². The fourth-order valence-corrected chi connectivity index (χ4v) is 2.68. The molecule has 1 atom stereocenters. The summed E-state index contributed by atoms with van der Waals surface area (Å²) in [4.78, 5) is 11.6. The van der Waals surface area contributed by atoms with E-state index in [0.29, 0.717) is 24.5 Å². The first-order valence-corrected chi connectivity index (χ1v) is 9.29. The van der Waals surface area contributed by atoms with Crippen molar-refractivity contribution in [1.82, 2.24) is 15.1 Å². The number of aliphatic hydroxyl groups excluding tert-OH is 1. The molecule has 0 fully saturated rings. The molecule has 0 radical (unpaired) electrons. The van der Waals surface area contributed by atoms with Gasteiger partial charge in [0.25, 0.3) is 0 Å². The Kier molecular flexibility index (Phi) is 8.29. The third kappa shape index (κ3) is 7.03. The molecule has 0 spiro atoms. The molecule has 0 amide bonds. The topological polar surface area (TPSA) is 85.6 Å². The molecule has 2 rings (SSSR count). The molecule has 27 heavy (non-hydrogen) atoms. The molecule has 0 unspecified atom stereocenters. The van der Waals surface area contributed by atoms with Crippen LogP contribution in [0.25, 0.3) is 0 Å². The van der Waals surface area contributed by atoms with Crippen molar-refractivity contribution in [3.8, 4) is 5.75 Å². The number of aromatic nitrogens is 2. The van der Waals surface area contributed by atoms with Crippen molar-refractivity contribution in [1.29, 1.82) is 0 Å². The van der Waals surface area contributed by atoms with Gasteiger partial charge in [-0.15, -0.1) is 0 Å². The molecular weight excluding hydrogens is 346 g/mol. The number of benzene rings is 1. The highest BCUT2D eigenvalue weighted by Crippen LogP contribution is 2.13. The molecular formula is C20H29N3O4. The smallest absolute Gasteiger partial charge is 0.338 e. The van der Waals surface area contributed by atoms with Gasteiger partial charge in [-0.2, -0.15) is 5.10 Å². The van der Waals surface area contributed by atoms with Crippen LogP contribution >= 0.6 is 0 Å². The quantitative estimate of drug-likeness (QED) is 0.462. The summed E-state index contributed by atoms with van der Waals surface area (Å²) in [6.07, 6.45) is 0.327. The number of aryl methyl sites for hydroxylation is 3. The fraction of sp³-hybridized carbons (Fsp3) is 0.500. The predicted octanol–water partition coefficient (Wildman–Crippen LogP) is 2.10. The van der Waals surface area contributed by atoms with E-state index in [9.17, 15) is 9.90 Å². The van der Waals surface area contributed by atoms with Crippen molar-refractivity contribution in [2.45, 2.75) is 39.8 Å². The lowest BCUT2D eigenvalue weighted by Gasteiger charge is -2.13. The van der Waals surface area contributed by atoms with Crippen molar-refractivity contribution in [3.05, 3.63) is 47.3 Å². The molecule has 1 aromatic heterocycles. The molecule has 0 aliphatic heterocycles. The summed E-state index contributed by atoms with van der Waals surface area (Å²) < 4.78 is 12.5. The van der Waals surface area contributed by atoms with E-state index < -0.39 is 6.10 Å². The van der Waals surface area contributed by atoms with Crippen molar-refractivity contribution >= 4 is 5.97 Å². The van der Waals surface area contributed by atoms with E-state index in [2.05, 4.69) is 16.5 Å². The first-order valence-electron chi connectivity index (χ1n) is 9.29. The van der Waals surface area contributed by atoms with E-state index in [4.69, 9.17) is 9.47 Å². The third-order valence-corrected chi connectivity index (χ3v) is 4.01. The molecule has 1 aromatic carbocycles. The first kappa shape index (κ1) is 20.9. The molecule has 7 nitrogen and oxygen atoms in total. The maximum absolute atomic E-state index is 11.6. The SMILES string of the molecule is CCOC(=O)c1ccc(OC[C@H](O)CNCCCn2nc(C)cc2C)cc1. The Balaban J connectivity index is 1.61. The van der Waals surface area contributed by atoms with Crippen LogP contribution in [0.1, 0.15) is 35.1 Å². The number of ether oxygens (including phenoxy) is 2. The summed E-state index contributed by atoms with van der Waals surface area (Å²) in [6.45, 7) is 8.44. The van der Waals surface area contributed by atoms with E-state index >= 15 is 0 Å². The first-order chi connectivity index (χ1) is 13.0. The molecule has 148 valence electrons. The molecule has 2 N–H and O–H groups in total. The zero-order valence-electron chi connectivity index (χ0n) is 16.3. The zero-order chi connectivity index (χ0) is 19.6. The van der Waals surface area contributed by atoms with Crippen LogP contribution in [0.5, 0.6) is 5.75 Å². The van der Waals surface area contributed by atoms with Crippen LogP contribution in [-0.2, 0) is 11.3 Å². The maximum Gasteiger partial charge on any atom is 0.338 e. The summed E-state index contributed by atoms with van der Waals surface area (Å²) >= 11 is 0. The van der Waals surface area contributed by atoms with Gasteiger partial charge in [0.05, 0.1) is 17.9 Å². The van der Waals surface area contributed by atoms with Gasteiger partial charge >= 0.3 is 5.97 Å². The second kappa shape index (κ2) is 10.7. The minimum absolute atomic E-state index is 0.184. The second-order valence-corrected chi connectivity index (χ2v) is 6.42. The van der Waals surface area contributed by atoms with E-state index in [-0.39, 0.29) is 12.6 Å². The predicted molar refractivity (Wildman–Crippen MR) is 103 cm³/mol. The molecule has 0 saturated heterocycles. The van der Waals surface area contributed by atoms with Crippen LogP contribution in [0.4, 0.5) is 0 Å². The van der Waals surface area contributed by atoms with Crippen LogP contribution in [0, 0.1) is 13.8 Å². The van der Waals surface area contributed by atoms with Crippen LogP contribution in [0.3, 0.4) is 0 Å². The van der Waals surface area contributed by atoms with Crippen LogP contribution in [0.15, 0.2) is 30.3 Å². The highest BCUT2D eigenvalue weighted by atomic mass is 16.5. The number of carbonyl (C=O) groups excluding carboxylic acids is 1. The molecule has 0 bridgehead atoms. The monoisotopic (exact) mass is 375 g/mol. The van der Waals surface area contributed by atoms with Gasteiger partial charge in [-0.1, -0.05) is 0 Å². The summed E-state index contributed by atoms with van der Waals surface area (Å²) in [5.74, 6) is 0.250. The summed E-state index contributed by atoms with van der Waals surface area (Å²) in [7, 11) is 0. The van der Waals surface area contributed by atoms with Gasteiger partial charge in [0.2, 0.25) is 0 Å². The van der Waals surface area contributed by atoms with Gasteiger partial charge in [0.15, 0.2) is 0 Å². The number of hydrogen-bond donors (Lipinski definition) is 2. The van der Waals surface area contributed by atoms with Crippen molar-refractivity contribution < 1.29 is 19.4 Å². The van der Waals surface area contributed by atoms with Gasteiger partial charge in [-0.3, -0.25) is 4.68 Å². The molecule has 7 heteroatoms. The lowest BCUT2D eigenvalue weighted by atomic mass is 10.2. The van der Waals surface area contributed by atoms with Crippen LogP contribution in [-0.4, -0.2) is 53.3 Å². The lowest BCUT2D eigenvalue weighted by Crippen LogP contribution is -2.32. The number of rotatable bonds is 11. The fourth-order valence-electron chi connectivity index (χ4n) is 2.68. The molecule has 2 aromatic rings. The number of carbonyl (C=O) groups is 1. The van der Waals surface area contributed by atoms with Crippen molar-refractivity contribution in [2.75, 3.05) is 26.3 Å². The second-order valence-electron chi connectivity index (χ2n) is 6.42. The Morgan fingerprint density at radius 1 is 1.30 bits per heavy atom. The highest BCUT2D eigenvalue weighted by Gasteiger charge is 2.08. The average Bonchev–Trinajstić information content (AvgIpc) is 2.97. The Morgan fingerprint density at radius 2 is 2.04 bits per heavy atom. The minimum Gasteiger partial charge on any atom is -0.491 e. The number of aliphatic hydroxyl groups is 1. The summed E-state index contributed by atoms with van der Waals surface area (Å²) in [6, 6.07) is 8.75. The van der Waals surface area contributed by atoms with Crippen molar-refractivity contribution in [3.63, 3.8) is 0 Å². The molecule has 1 heterocycles. The summed E-state index contributed by atoms with van der Waals surface area (Å²) in [5, 5.41) is 17.7. The average molecular weight is 375 g/mol. The molecule has 0 saturated carbocycles. The van der Waals surface area contributed by atoms with E-state index in [0.717, 1.165) is 30.9 Å². The number of hydrogen-bond acceptors (Lipinski definition) is 6. The van der Waals surface area contributed by atoms with Gasteiger partial charge in [-0.05, 0) is 64.1 Å². The lowest BCUT2D eigenvalue weighted by molar-refractivity contribution is 0.0526. The standard InChI is InChI=1S/C20H29N3O4/c1-4-26-20(25)17-6-8-19(9-7-17)27-14-18(24)13-21-10-5-11-23-16(3)12-15(2)22-23/h6-9,12,18,21,24H,4-5,10-11,13-14H2,1-3H3/t18-/m1/s1. The number of esters is 1.